The van der Waals surface area contributed by atoms with Gasteiger partial charge in [0.25, 0.3) is 0 Å². The van der Waals surface area contributed by atoms with Crippen molar-refractivity contribution in [1.29, 1.82) is 0 Å². The molecule has 7 heteroatoms. The lowest BCUT2D eigenvalue weighted by molar-refractivity contribution is -0.307. The number of hydrogen-bond acceptors (Lipinski definition) is 7. The van der Waals surface area contributed by atoms with Gasteiger partial charge in [0, 0.05) is 0 Å². The molecule has 4 N–H and O–H groups in total. The molecule has 0 aliphatic carbocycles. The van der Waals surface area contributed by atoms with Gasteiger partial charge in [-0.2, -0.15) is 0 Å². The summed E-state index contributed by atoms with van der Waals surface area (Å²) in [5, 5.41) is 39.6. The zero-order valence-electron chi connectivity index (χ0n) is 11.8. The summed E-state index contributed by atoms with van der Waals surface area (Å²) in [4.78, 5) is 0. The summed E-state index contributed by atoms with van der Waals surface area (Å²) in [7, 11) is 0. The average Bonchev–Trinajstić information content (AvgIpc) is 2.35. The van der Waals surface area contributed by atoms with Crippen LogP contribution >= 0.6 is 0 Å². The summed E-state index contributed by atoms with van der Waals surface area (Å²) < 4.78 is 15.9. The highest BCUT2D eigenvalue weighted by Crippen LogP contribution is 2.29. The number of aliphatic hydroxyl groups is 4. The molecule has 0 amide bonds. The van der Waals surface area contributed by atoms with Crippen molar-refractivity contribution in [3.05, 3.63) is 0 Å². The molecule has 2 aliphatic rings. The number of aliphatic hydroxyl groups excluding tert-OH is 3. The summed E-state index contributed by atoms with van der Waals surface area (Å²) in [6, 6.07) is 0. The molecule has 0 aromatic rings. The minimum absolute atomic E-state index is 0.179. The van der Waals surface area contributed by atoms with E-state index in [2.05, 4.69) is 0 Å². The zero-order chi connectivity index (χ0) is 14.9. The molecule has 2 heterocycles. The second-order valence-corrected chi connectivity index (χ2v) is 5.96. The average molecular weight is 292 g/mol. The van der Waals surface area contributed by atoms with Crippen molar-refractivity contribution in [1.82, 2.24) is 0 Å². The number of rotatable bonds is 5. The van der Waals surface area contributed by atoms with Crippen LogP contribution in [0, 0.1) is 0 Å². The Bertz CT molecular complexity index is 318. The monoisotopic (exact) mass is 292 g/mol. The van der Waals surface area contributed by atoms with Gasteiger partial charge in [-0.25, -0.2) is 0 Å². The van der Waals surface area contributed by atoms with Crippen molar-refractivity contribution in [3.8, 4) is 0 Å². The summed E-state index contributed by atoms with van der Waals surface area (Å²) >= 11 is 0. The molecule has 0 saturated carbocycles. The molecule has 0 spiro atoms. The maximum atomic E-state index is 9.95. The van der Waals surface area contributed by atoms with Crippen LogP contribution in [0.1, 0.15) is 26.7 Å². The van der Waals surface area contributed by atoms with Crippen molar-refractivity contribution >= 4 is 0 Å². The SMILES string of the molecule is CC(C)O[C@H]1O[C@H](CCC2(O)COC2)[C@@H](O)[C@H](O)[C@@H]1O. The van der Waals surface area contributed by atoms with E-state index in [0.717, 1.165) is 0 Å². The first-order chi connectivity index (χ1) is 9.32. The normalized spacial score (nSPS) is 40.6. The van der Waals surface area contributed by atoms with Gasteiger partial charge in [-0.05, 0) is 26.7 Å². The van der Waals surface area contributed by atoms with Crippen LogP contribution in [0.4, 0.5) is 0 Å². The highest BCUT2D eigenvalue weighted by Gasteiger charge is 2.46. The third-order valence-corrected chi connectivity index (χ3v) is 3.71. The van der Waals surface area contributed by atoms with Gasteiger partial charge in [0.2, 0.25) is 0 Å². The van der Waals surface area contributed by atoms with Crippen LogP contribution < -0.4 is 0 Å². The molecule has 2 saturated heterocycles. The van der Waals surface area contributed by atoms with E-state index in [1.165, 1.54) is 0 Å². The lowest BCUT2D eigenvalue weighted by Crippen LogP contribution is -2.59. The van der Waals surface area contributed by atoms with Crippen molar-refractivity contribution < 1.29 is 34.6 Å². The zero-order valence-corrected chi connectivity index (χ0v) is 11.8. The third kappa shape index (κ3) is 3.48. The van der Waals surface area contributed by atoms with E-state index in [-0.39, 0.29) is 19.3 Å². The van der Waals surface area contributed by atoms with Crippen LogP contribution in [0.25, 0.3) is 0 Å². The number of hydrogen-bond donors (Lipinski definition) is 4. The van der Waals surface area contributed by atoms with Crippen LogP contribution in [-0.4, -0.2) is 76.1 Å². The van der Waals surface area contributed by atoms with E-state index in [1.807, 2.05) is 0 Å². The molecule has 2 rings (SSSR count). The predicted octanol–water partition coefficient (Wildman–Crippen LogP) is -1.24. The molecule has 0 aromatic carbocycles. The van der Waals surface area contributed by atoms with E-state index in [4.69, 9.17) is 14.2 Å². The molecule has 0 aromatic heterocycles. The lowest BCUT2D eigenvalue weighted by atomic mass is 9.89. The van der Waals surface area contributed by atoms with Gasteiger partial charge in [0.1, 0.15) is 23.9 Å². The fourth-order valence-electron chi connectivity index (χ4n) is 2.43. The van der Waals surface area contributed by atoms with Crippen LogP contribution in [0.3, 0.4) is 0 Å². The predicted molar refractivity (Wildman–Crippen MR) is 67.9 cm³/mol. The van der Waals surface area contributed by atoms with Gasteiger partial charge in [0.15, 0.2) is 6.29 Å². The first kappa shape index (κ1) is 16.1. The molecule has 2 aliphatic heterocycles. The summed E-state index contributed by atoms with van der Waals surface area (Å²) in [6.07, 6.45) is -4.94. The Hall–Kier alpha value is -0.280. The number of ether oxygens (including phenoxy) is 3. The Balaban J connectivity index is 1.92. The van der Waals surface area contributed by atoms with Gasteiger partial charge in [-0.1, -0.05) is 0 Å². The van der Waals surface area contributed by atoms with Crippen molar-refractivity contribution in [2.24, 2.45) is 0 Å². The Morgan fingerprint density at radius 3 is 2.30 bits per heavy atom. The molecule has 7 nitrogen and oxygen atoms in total. The quantitative estimate of drug-likeness (QED) is 0.502. The van der Waals surface area contributed by atoms with E-state index in [0.29, 0.717) is 12.8 Å². The minimum atomic E-state index is -1.33. The second kappa shape index (κ2) is 6.23. The molecule has 0 unspecified atom stereocenters. The van der Waals surface area contributed by atoms with E-state index in [9.17, 15) is 20.4 Å². The molecule has 2 fully saturated rings. The smallest absolute Gasteiger partial charge is 0.186 e. The van der Waals surface area contributed by atoms with Crippen LogP contribution in [0.15, 0.2) is 0 Å². The largest absolute Gasteiger partial charge is 0.388 e. The van der Waals surface area contributed by atoms with Crippen LogP contribution in [0.2, 0.25) is 0 Å². The van der Waals surface area contributed by atoms with Gasteiger partial charge in [0.05, 0.1) is 25.4 Å². The van der Waals surface area contributed by atoms with Gasteiger partial charge in [-0.3, -0.25) is 0 Å². The molecular weight excluding hydrogens is 268 g/mol. The molecular formula is C13H24O7. The standard InChI is InChI=1S/C13H24O7/c1-7(2)19-12-11(16)10(15)9(14)8(20-12)3-4-13(17)5-18-6-13/h7-12,14-17H,3-6H2,1-2H3/t8-,9-,10+,11+,12+/m1/s1. The van der Waals surface area contributed by atoms with Crippen LogP contribution in [-0.2, 0) is 14.2 Å². The summed E-state index contributed by atoms with van der Waals surface area (Å²) in [5.74, 6) is 0. The molecule has 20 heavy (non-hydrogen) atoms. The van der Waals surface area contributed by atoms with Crippen LogP contribution in [0.5, 0.6) is 0 Å². The Morgan fingerprint density at radius 1 is 1.15 bits per heavy atom. The fraction of sp³-hybridized carbons (Fsp3) is 1.00. The Labute approximate surface area is 118 Å². The highest BCUT2D eigenvalue weighted by atomic mass is 16.7. The maximum absolute atomic E-state index is 9.95. The van der Waals surface area contributed by atoms with Crippen molar-refractivity contribution in [3.63, 3.8) is 0 Å². The topological polar surface area (TPSA) is 109 Å². The molecule has 0 bridgehead atoms. The second-order valence-electron chi connectivity index (χ2n) is 5.96. The van der Waals surface area contributed by atoms with E-state index in [1.54, 1.807) is 13.8 Å². The molecule has 0 radical (unpaired) electrons. The third-order valence-electron chi connectivity index (χ3n) is 3.71. The maximum Gasteiger partial charge on any atom is 0.186 e. The first-order valence-corrected chi connectivity index (χ1v) is 6.98. The Morgan fingerprint density at radius 2 is 1.80 bits per heavy atom. The fourth-order valence-corrected chi connectivity index (χ4v) is 2.43. The first-order valence-electron chi connectivity index (χ1n) is 6.98. The summed E-state index contributed by atoms with van der Waals surface area (Å²) in [6.45, 7) is 4.12. The molecule has 118 valence electrons. The molecule has 5 atom stereocenters. The van der Waals surface area contributed by atoms with Gasteiger partial charge in [-0.15, -0.1) is 0 Å². The highest BCUT2D eigenvalue weighted by molar-refractivity contribution is 4.92. The van der Waals surface area contributed by atoms with E-state index < -0.39 is 36.3 Å². The van der Waals surface area contributed by atoms with Gasteiger partial charge < -0.3 is 34.6 Å². The van der Waals surface area contributed by atoms with Crippen molar-refractivity contribution in [2.75, 3.05) is 13.2 Å². The minimum Gasteiger partial charge on any atom is -0.388 e. The van der Waals surface area contributed by atoms with Gasteiger partial charge >= 0.3 is 0 Å². The Kier molecular flexibility index (Phi) is 5.01. The summed E-state index contributed by atoms with van der Waals surface area (Å²) in [5.41, 5.74) is -0.876. The lowest BCUT2D eigenvalue weighted by Gasteiger charge is -2.43. The van der Waals surface area contributed by atoms with E-state index >= 15 is 0 Å². The van der Waals surface area contributed by atoms with Crippen molar-refractivity contribution in [2.45, 2.75) is 69.1 Å².